The molecule has 0 bridgehead atoms. The molecule has 0 unspecified atom stereocenters. The number of carbonyl (C=O) groups excluding carboxylic acids is 1. The van der Waals surface area contributed by atoms with Gasteiger partial charge >= 0.3 is 6.36 Å². The molecule has 0 aliphatic rings. The number of nitrogens with one attached hydrogen (secondary N) is 1. The molecule has 0 spiro atoms. The number of rotatable bonds is 6. The largest absolute Gasteiger partial charge is 0.573 e. The van der Waals surface area contributed by atoms with Crippen molar-refractivity contribution >= 4 is 28.9 Å². The smallest absolute Gasteiger partial charge is 0.482 e. The molecule has 2 aromatic carbocycles. The minimum Gasteiger partial charge on any atom is -0.482 e. The fourth-order valence-corrected chi connectivity index (χ4v) is 2.03. The number of halogens is 4. The zero-order valence-corrected chi connectivity index (χ0v) is 13.5. The summed E-state index contributed by atoms with van der Waals surface area (Å²) in [5.41, 5.74) is -0.00381. The van der Waals surface area contributed by atoms with E-state index >= 15 is 0 Å². The molecule has 138 valence electrons. The number of hydrogen-bond donors (Lipinski definition) is 1. The maximum absolute atomic E-state index is 12.1. The number of amides is 1. The Labute approximate surface area is 149 Å². The van der Waals surface area contributed by atoms with Gasteiger partial charge in [0.25, 0.3) is 11.6 Å². The van der Waals surface area contributed by atoms with E-state index in [0.29, 0.717) is 0 Å². The van der Waals surface area contributed by atoms with Gasteiger partial charge in [-0.25, -0.2) is 0 Å². The summed E-state index contributed by atoms with van der Waals surface area (Å²) in [7, 11) is 0. The first-order valence-corrected chi connectivity index (χ1v) is 7.24. The van der Waals surface area contributed by atoms with Crippen molar-refractivity contribution in [2.75, 3.05) is 11.9 Å². The second-order valence-corrected chi connectivity index (χ2v) is 5.19. The zero-order chi connectivity index (χ0) is 19.3. The van der Waals surface area contributed by atoms with E-state index in [4.69, 9.17) is 16.3 Å². The lowest BCUT2D eigenvalue weighted by molar-refractivity contribution is -0.384. The number of nitrogens with zero attached hydrogens (tertiary/aromatic N) is 1. The Morgan fingerprint density at radius 2 is 1.85 bits per heavy atom. The molecule has 2 aromatic rings. The first-order chi connectivity index (χ1) is 12.1. The third-order valence-electron chi connectivity index (χ3n) is 2.86. The fourth-order valence-electron chi connectivity index (χ4n) is 1.80. The Morgan fingerprint density at radius 1 is 1.19 bits per heavy atom. The summed E-state index contributed by atoms with van der Waals surface area (Å²) in [5, 5.41) is 13.0. The number of carbonyl (C=O) groups is 1. The van der Waals surface area contributed by atoms with Gasteiger partial charge in [0.05, 0.1) is 9.95 Å². The predicted molar refractivity (Wildman–Crippen MR) is 85.4 cm³/mol. The number of nitro benzene ring substituents is 1. The molecule has 0 radical (unpaired) electrons. The highest BCUT2D eigenvalue weighted by Gasteiger charge is 2.30. The van der Waals surface area contributed by atoms with E-state index < -0.39 is 29.5 Å². The van der Waals surface area contributed by atoms with Crippen LogP contribution in [-0.2, 0) is 4.79 Å². The van der Waals surface area contributed by atoms with E-state index in [1.165, 1.54) is 24.3 Å². The second-order valence-electron chi connectivity index (χ2n) is 4.78. The Hall–Kier alpha value is -3.01. The number of alkyl halides is 3. The van der Waals surface area contributed by atoms with Crippen LogP contribution in [-0.4, -0.2) is 23.8 Å². The SMILES string of the molecule is O=C(COc1ccc([N+](=O)[O-])cc1Cl)Nc1ccc(OC(F)(F)F)cc1. The molecule has 11 heteroatoms. The molecule has 1 amide bonds. The van der Waals surface area contributed by atoms with Crippen LogP contribution in [0.3, 0.4) is 0 Å². The molecule has 0 saturated heterocycles. The summed E-state index contributed by atoms with van der Waals surface area (Å²) in [6.07, 6.45) is -4.80. The van der Waals surface area contributed by atoms with Crippen molar-refractivity contribution in [3.05, 3.63) is 57.6 Å². The van der Waals surface area contributed by atoms with Crippen molar-refractivity contribution in [1.29, 1.82) is 0 Å². The number of nitro groups is 1. The lowest BCUT2D eigenvalue weighted by Crippen LogP contribution is -2.20. The van der Waals surface area contributed by atoms with Gasteiger partial charge in [-0.3, -0.25) is 14.9 Å². The van der Waals surface area contributed by atoms with Gasteiger partial charge < -0.3 is 14.8 Å². The van der Waals surface area contributed by atoms with Gasteiger partial charge in [0.2, 0.25) is 0 Å². The molecule has 0 fully saturated rings. The third-order valence-corrected chi connectivity index (χ3v) is 3.15. The van der Waals surface area contributed by atoms with Crippen LogP contribution in [0.25, 0.3) is 0 Å². The summed E-state index contributed by atoms with van der Waals surface area (Å²) >= 11 is 5.82. The van der Waals surface area contributed by atoms with Gasteiger partial charge in [0.15, 0.2) is 6.61 Å². The highest BCUT2D eigenvalue weighted by molar-refractivity contribution is 6.32. The van der Waals surface area contributed by atoms with E-state index in [1.807, 2.05) is 0 Å². The normalized spacial score (nSPS) is 10.9. The number of anilines is 1. The van der Waals surface area contributed by atoms with Crippen LogP contribution in [0.15, 0.2) is 42.5 Å². The molecule has 0 aromatic heterocycles. The molecule has 0 aliphatic heterocycles. The standard InChI is InChI=1S/C15H10ClF3N2O5/c16-12-7-10(21(23)24)3-6-13(12)25-8-14(22)20-9-1-4-11(5-2-9)26-15(17,18)19/h1-7H,8H2,(H,20,22). The highest BCUT2D eigenvalue weighted by atomic mass is 35.5. The van der Waals surface area contributed by atoms with Gasteiger partial charge in [-0.2, -0.15) is 0 Å². The summed E-state index contributed by atoms with van der Waals surface area (Å²) in [5.74, 6) is -0.963. The van der Waals surface area contributed by atoms with Crippen molar-refractivity contribution in [2.45, 2.75) is 6.36 Å². The van der Waals surface area contributed by atoms with E-state index in [0.717, 1.165) is 18.2 Å². The first kappa shape index (κ1) is 19.3. The molecule has 0 heterocycles. The van der Waals surface area contributed by atoms with Crippen molar-refractivity contribution in [1.82, 2.24) is 0 Å². The second kappa shape index (κ2) is 7.91. The first-order valence-electron chi connectivity index (χ1n) is 6.86. The van der Waals surface area contributed by atoms with E-state index in [9.17, 15) is 28.1 Å². The van der Waals surface area contributed by atoms with Gasteiger partial charge in [-0.15, -0.1) is 13.2 Å². The Bertz CT molecular complexity index is 812. The quantitative estimate of drug-likeness (QED) is 0.590. The number of ether oxygens (including phenoxy) is 2. The predicted octanol–water partition coefficient (Wildman–Crippen LogP) is 4.16. The Kier molecular flexibility index (Phi) is 5.88. The van der Waals surface area contributed by atoms with Crippen LogP contribution in [0.2, 0.25) is 5.02 Å². The zero-order valence-electron chi connectivity index (χ0n) is 12.7. The van der Waals surface area contributed by atoms with E-state index in [-0.39, 0.29) is 22.1 Å². The molecule has 2 rings (SSSR count). The minimum absolute atomic E-state index is 0.0411. The Balaban J connectivity index is 1.90. The minimum atomic E-state index is -4.80. The average Bonchev–Trinajstić information content (AvgIpc) is 2.54. The van der Waals surface area contributed by atoms with Crippen molar-refractivity contribution in [3.63, 3.8) is 0 Å². The van der Waals surface area contributed by atoms with Gasteiger partial charge in [0.1, 0.15) is 11.5 Å². The third kappa shape index (κ3) is 5.81. The van der Waals surface area contributed by atoms with Crippen LogP contribution in [0.5, 0.6) is 11.5 Å². The van der Waals surface area contributed by atoms with Crippen LogP contribution in [0, 0.1) is 10.1 Å². The molecule has 1 N–H and O–H groups in total. The van der Waals surface area contributed by atoms with E-state index in [2.05, 4.69) is 10.1 Å². The Morgan fingerprint density at radius 3 is 2.38 bits per heavy atom. The number of benzene rings is 2. The summed E-state index contributed by atoms with van der Waals surface area (Å²) in [6, 6.07) is 8.01. The fraction of sp³-hybridized carbons (Fsp3) is 0.133. The van der Waals surface area contributed by atoms with Crippen LogP contribution < -0.4 is 14.8 Å². The summed E-state index contributed by atoms with van der Waals surface area (Å²) in [4.78, 5) is 21.8. The van der Waals surface area contributed by atoms with Gasteiger partial charge in [-0.1, -0.05) is 11.6 Å². The maximum Gasteiger partial charge on any atom is 0.573 e. The number of non-ortho nitro benzene ring substituents is 1. The molecule has 0 atom stereocenters. The van der Waals surface area contributed by atoms with E-state index in [1.54, 1.807) is 0 Å². The molecule has 7 nitrogen and oxygen atoms in total. The lowest BCUT2D eigenvalue weighted by atomic mass is 10.3. The van der Waals surface area contributed by atoms with Crippen LogP contribution in [0.1, 0.15) is 0 Å². The molecular weight excluding hydrogens is 381 g/mol. The van der Waals surface area contributed by atoms with Crippen molar-refractivity contribution < 1.29 is 32.4 Å². The topological polar surface area (TPSA) is 90.7 Å². The number of hydrogen-bond acceptors (Lipinski definition) is 5. The molecular formula is C15H10ClF3N2O5. The van der Waals surface area contributed by atoms with Crippen molar-refractivity contribution in [3.8, 4) is 11.5 Å². The maximum atomic E-state index is 12.1. The highest BCUT2D eigenvalue weighted by Crippen LogP contribution is 2.28. The summed E-state index contributed by atoms with van der Waals surface area (Å²) in [6.45, 7) is -0.460. The molecule has 0 saturated carbocycles. The van der Waals surface area contributed by atoms with Gasteiger partial charge in [0, 0.05) is 17.8 Å². The monoisotopic (exact) mass is 390 g/mol. The molecule has 26 heavy (non-hydrogen) atoms. The van der Waals surface area contributed by atoms with Gasteiger partial charge in [-0.05, 0) is 30.3 Å². The van der Waals surface area contributed by atoms with Crippen LogP contribution >= 0.6 is 11.6 Å². The van der Waals surface area contributed by atoms with Crippen LogP contribution in [0.4, 0.5) is 24.5 Å². The molecule has 0 aliphatic carbocycles. The lowest BCUT2D eigenvalue weighted by Gasteiger charge is -2.10. The summed E-state index contributed by atoms with van der Waals surface area (Å²) < 4.78 is 45.0. The van der Waals surface area contributed by atoms with Crippen molar-refractivity contribution in [2.24, 2.45) is 0 Å². The average molecular weight is 391 g/mol.